The van der Waals surface area contributed by atoms with Crippen LogP contribution in [0.25, 0.3) is 0 Å². The van der Waals surface area contributed by atoms with Crippen LogP contribution in [0.1, 0.15) is 24.3 Å². The zero-order chi connectivity index (χ0) is 8.84. The van der Waals surface area contributed by atoms with E-state index in [1.807, 2.05) is 6.07 Å². The third kappa shape index (κ3) is 0.846. The van der Waals surface area contributed by atoms with E-state index in [1.165, 1.54) is 5.56 Å². The van der Waals surface area contributed by atoms with Crippen molar-refractivity contribution in [1.82, 2.24) is 0 Å². The number of rotatable bonds is 1. The monoisotopic (exact) mass is 172 g/mol. The maximum absolute atomic E-state index is 11.4. The molecule has 13 heavy (non-hydrogen) atoms. The normalized spacial score (nSPS) is 36.0. The molecule has 3 saturated carbocycles. The Morgan fingerprint density at radius 2 is 1.62 bits per heavy atom. The number of hydrogen-bond donors (Lipinski definition) is 0. The Balaban J connectivity index is 1.94. The minimum Gasteiger partial charge on any atom is -0.299 e. The molecule has 0 amide bonds. The average Bonchev–Trinajstić information content (AvgIpc) is 2.77. The third-order valence-electron chi connectivity index (χ3n) is 3.57. The van der Waals surface area contributed by atoms with Crippen LogP contribution in [-0.2, 0) is 4.79 Å². The molecule has 1 heteroatoms. The van der Waals surface area contributed by atoms with E-state index in [4.69, 9.17) is 0 Å². The molecule has 4 rings (SSSR count). The highest BCUT2D eigenvalue weighted by Gasteiger charge is 2.54. The van der Waals surface area contributed by atoms with Gasteiger partial charge >= 0.3 is 0 Å². The molecule has 2 bridgehead atoms. The van der Waals surface area contributed by atoms with Gasteiger partial charge in [0, 0.05) is 17.8 Å². The molecule has 3 aliphatic rings. The lowest BCUT2D eigenvalue weighted by Crippen LogP contribution is -2.37. The van der Waals surface area contributed by atoms with E-state index in [-0.39, 0.29) is 0 Å². The van der Waals surface area contributed by atoms with E-state index in [9.17, 15) is 4.79 Å². The van der Waals surface area contributed by atoms with Crippen molar-refractivity contribution in [2.75, 3.05) is 0 Å². The van der Waals surface area contributed by atoms with Crippen LogP contribution in [0.2, 0.25) is 0 Å². The average molecular weight is 172 g/mol. The highest BCUT2D eigenvalue weighted by molar-refractivity contribution is 5.94. The summed E-state index contributed by atoms with van der Waals surface area (Å²) in [7, 11) is 0. The largest absolute Gasteiger partial charge is 0.299 e. The minimum absolute atomic E-state index is 0.368. The standard InChI is InChI=1S/C12H12O/c13-12-9-6-7-10(12)11(9)8-4-2-1-3-5-8/h1-5,9-11H,6-7H2/t9-,10+,11?. The lowest BCUT2D eigenvalue weighted by molar-refractivity contribution is -0.132. The molecule has 66 valence electrons. The molecular formula is C12H12O. The van der Waals surface area contributed by atoms with Gasteiger partial charge in [-0.15, -0.1) is 0 Å². The second-order valence-corrected chi connectivity index (χ2v) is 4.13. The Hall–Kier alpha value is -1.11. The van der Waals surface area contributed by atoms with Crippen LogP contribution in [0.4, 0.5) is 0 Å². The van der Waals surface area contributed by atoms with Gasteiger partial charge < -0.3 is 0 Å². The fraction of sp³-hybridized carbons (Fsp3) is 0.417. The van der Waals surface area contributed by atoms with Crippen molar-refractivity contribution in [2.45, 2.75) is 18.8 Å². The highest BCUT2D eigenvalue weighted by atomic mass is 16.1. The molecule has 1 nitrogen and oxygen atoms in total. The van der Waals surface area contributed by atoms with Gasteiger partial charge in [-0.3, -0.25) is 4.79 Å². The number of fused-ring (bicyclic) bond motifs is 1. The van der Waals surface area contributed by atoms with Gasteiger partial charge in [-0.25, -0.2) is 0 Å². The van der Waals surface area contributed by atoms with Crippen molar-refractivity contribution >= 4 is 5.78 Å². The molecular weight excluding hydrogens is 160 g/mol. The van der Waals surface area contributed by atoms with Gasteiger partial charge in [-0.1, -0.05) is 30.3 Å². The Bertz CT molecular complexity index is 327. The summed E-state index contributed by atoms with van der Waals surface area (Å²) in [5.41, 5.74) is 1.37. The molecule has 1 aromatic rings. The van der Waals surface area contributed by atoms with Gasteiger partial charge in [0.25, 0.3) is 0 Å². The molecule has 3 fully saturated rings. The maximum Gasteiger partial charge on any atom is 0.140 e. The van der Waals surface area contributed by atoms with Crippen molar-refractivity contribution in [1.29, 1.82) is 0 Å². The zero-order valence-electron chi connectivity index (χ0n) is 7.44. The quantitative estimate of drug-likeness (QED) is 0.635. The first-order chi connectivity index (χ1) is 6.38. The van der Waals surface area contributed by atoms with Gasteiger partial charge in [0.05, 0.1) is 0 Å². The number of ketones is 1. The zero-order valence-corrected chi connectivity index (χ0v) is 7.44. The second-order valence-electron chi connectivity index (χ2n) is 4.13. The van der Waals surface area contributed by atoms with E-state index in [0.717, 1.165) is 12.8 Å². The first-order valence-corrected chi connectivity index (χ1v) is 4.96. The molecule has 0 heterocycles. The molecule has 0 aromatic heterocycles. The molecule has 3 aliphatic carbocycles. The first-order valence-electron chi connectivity index (χ1n) is 4.96. The van der Waals surface area contributed by atoms with Crippen molar-refractivity contribution in [3.8, 4) is 0 Å². The molecule has 0 saturated heterocycles. The Morgan fingerprint density at radius 1 is 1.00 bits per heavy atom. The molecule has 0 N–H and O–H groups in total. The van der Waals surface area contributed by atoms with Crippen LogP contribution in [0.15, 0.2) is 30.3 Å². The summed E-state index contributed by atoms with van der Waals surface area (Å²) >= 11 is 0. The van der Waals surface area contributed by atoms with Crippen LogP contribution in [0.5, 0.6) is 0 Å². The highest BCUT2D eigenvalue weighted by Crippen LogP contribution is 2.55. The topological polar surface area (TPSA) is 17.1 Å². The second kappa shape index (κ2) is 2.44. The third-order valence-corrected chi connectivity index (χ3v) is 3.57. The van der Waals surface area contributed by atoms with Crippen molar-refractivity contribution < 1.29 is 4.79 Å². The Labute approximate surface area is 77.8 Å². The number of Topliss-reactive ketones (excluding diaryl/α,β-unsaturated/α-hetero) is 1. The lowest BCUT2D eigenvalue weighted by Gasteiger charge is -2.34. The van der Waals surface area contributed by atoms with Crippen LogP contribution in [0, 0.1) is 11.8 Å². The summed E-state index contributed by atoms with van der Waals surface area (Å²) in [6, 6.07) is 10.5. The van der Waals surface area contributed by atoms with Crippen LogP contribution in [0.3, 0.4) is 0 Å². The molecule has 1 unspecified atom stereocenters. The van der Waals surface area contributed by atoms with Crippen molar-refractivity contribution in [3.63, 3.8) is 0 Å². The molecule has 3 atom stereocenters. The summed E-state index contributed by atoms with van der Waals surface area (Å²) in [4.78, 5) is 11.4. The van der Waals surface area contributed by atoms with Crippen LogP contribution >= 0.6 is 0 Å². The fourth-order valence-corrected chi connectivity index (χ4v) is 2.93. The van der Waals surface area contributed by atoms with Crippen molar-refractivity contribution in [2.24, 2.45) is 11.8 Å². The first kappa shape index (κ1) is 7.31. The Morgan fingerprint density at radius 3 is 2.15 bits per heavy atom. The summed E-state index contributed by atoms with van der Waals surface area (Å²) in [6.45, 7) is 0. The van der Waals surface area contributed by atoms with E-state index in [0.29, 0.717) is 23.5 Å². The van der Waals surface area contributed by atoms with E-state index in [1.54, 1.807) is 0 Å². The van der Waals surface area contributed by atoms with E-state index < -0.39 is 0 Å². The summed E-state index contributed by atoms with van der Waals surface area (Å²) in [5, 5.41) is 0. The lowest BCUT2D eigenvalue weighted by atomic mass is 9.67. The number of carbonyl (C=O) groups excluding carboxylic acids is 1. The van der Waals surface area contributed by atoms with E-state index >= 15 is 0 Å². The smallest absolute Gasteiger partial charge is 0.140 e. The number of benzene rings is 1. The fourth-order valence-electron chi connectivity index (χ4n) is 2.93. The van der Waals surface area contributed by atoms with E-state index in [2.05, 4.69) is 24.3 Å². The predicted molar refractivity (Wildman–Crippen MR) is 50.4 cm³/mol. The van der Waals surface area contributed by atoms with Gasteiger partial charge in [0.15, 0.2) is 0 Å². The Kier molecular flexibility index (Phi) is 1.37. The van der Waals surface area contributed by atoms with Gasteiger partial charge in [-0.2, -0.15) is 0 Å². The summed E-state index contributed by atoms with van der Waals surface area (Å²) < 4.78 is 0. The SMILES string of the molecule is O=C1[C@H]2CC[C@@H]1C2c1ccccc1. The summed E-state index contributed by atoms with van der Waals surface area (Å²) in [6.07, 6.45) is 2.26. The summed E-state index contributed by atoms with van der Waals surface area (Å²) in [5.74, 6) is 1.82. The molecule has 0 radical (unpaired) electrons. The predicted octanol–water partition coefficient (Wildman–Crippen LogP) is 2.38. The molecule has 0 aliphatic heterocycles. The number of hydrogen-bond acceptors (Lipinski definition) is 1. The van der Waals surface area contributed by atoms with Crippen LogP contribution < -0.4 is 0 Å². The van der Waals surface area contributed by atoms with Crippen LogP contribution in [-0.4, -0.2) is 5.78 Å². The molecule has 0 spiro atoms. The maximum atomic E-state index is 11.4. The minimum atomic E-state index is 0.368. The van der Waals surface area contributed by atoms with Gasteiger partial charge in [0.1, 0.15) is 5.78 Å². The van der Waals surface area contributed by atoms with Gasteiger partial charge in [-0.05, 0) is 18.4 Å². The number of carbonyl (C=O) groups is 1. The van der Waals surface area contributed by atoms with Gasteiger partial charge in [0.2, 0.25) is 0 Å². The van der Waals surface area contributed by atoms with Crippen molar-refractivity contribution in [3.05, 3.63) is 35.9 Å². The molecule has 1 aromatic carbocycles.